The first-order valence-electron chi connectivity index (χ1n) is 9.18. The summed E-state index contributed by atoms with van der Waals surface area (Å²) in [7, 11) is 0. The van der Waals surface area contributed by atoms with Crippen LogP contribution in [0.1, 0.15) is 17.4 Å². The van der Waals surface area contributed by atoms with Gasteiger partial charge in [-0.25, -0.2) is 4.90 Å². The second-order valence-electron chi connectivity index (χ2n) is 6.56. The zero-order valence-corrected chi connectivity index (χ0v) is 16.6. The summed E-state index contributed by atoms with van der Waals surface area (Å²) in [5, 5.41) is 1.92. The van der Waals surface area contributed by atoms with E-state index >= 15 is 0 Å². The number of carbonyl (C=O) groups is 2. The van der Waals surface area contributed by atoms with Gasteiger partial charge in [-0.3, -0.25) is 9.59 Å². The first kappa shape index (κ1) is 18.2. The molecule has 5 heteroatoms. The van der Waals surface area contributed by atoms with Crippen molar-refractivity contribution in [1.82, 2.24) is 0 Å². The molecule has 1 aromatic heterocycles. The summed E-state index contributed by atoms with van der Waals surface area (Å²) in [4.78, 5) is 30.9. The second kappa shape index (κ2) is 7.44. The maximum Gasteiger partial charge on any atom is 0.282 e. The Labute approximate surface area is 168 Å². The van der Waals surface area contributed by atoms with Gasteiger partial charge in [0.2, 0.25) is 0 Å². The molecule has 2 heterocycles. The predicted octanol–water partition coefficient (Wildman–Crippen LogP) is 4.87. The van der Waals surface area contributed by atoms with E-state index in [-0.39, 0.29) is 11.8 Å². The van der Waals surface area contributed by atoms with Gasteiger partial charge < -0.3 is 4.90 Å². The summed E-state index contributed by atoms with van der Waals surface area (Å²) in [6.07, 6.45) is 0. The molecule has 0 N–H and O–H groups in total. The maximum absolute atomic E-state index is 13.5. The van der Waals surface area contributed by atoms with Crippen molar-refractivity contribution in [2.75, 3.05) is 16.3 Å². The molecule has 0 fully saturated rings. The number of amides is 2. The van der Waals surface area contributed by atoms with Crippen molar-refractivity contribution >= 4 is 40.1 Å². The number of hydrogen-bond acceptors (Lipinski definition) is 4. The lowest BCUT2D eigenvalue weighted by Gasteiger charge is -2.24. The van der Waals surface area contributed by atoms with Crippen LogP contribution >= 0.6 is 11.3 Å². The van der Waals surface area contributed by atoms with Gasteiger partial charge in [0.05, 0.1) is 11.3 Å². The smallest absolute Gasteiger partial charge is 0.282 e. The second-order valence-corrected chi connectivity index (χ2v) is 7.51. The molecule has 4 rings (SSSR count). The molecular formula is C23H20N2O2S. The summed E-state index contributed by atoms with van der Waals surface area (Å²) in [5.74, 6) is -0.566. The number of para-hydroxylation sites is 1. The summed E-state index contributed by atoms with van der Waals surface area (Å²) in [6.45, 7) is 4.54. The number of hydrogen-bond donors (Lipinski definition) is 0. The minimum Gasteiger partial charge on any atom is -0.337 e. The molecule has 0 aliphatic carbocycles. The van der Waals surface area contributed by atoms with Crippen molar-refractivity contribution in [3.63, 3.8) is 0 Å². The third-order valence-corrected chi connectivity index (χ3v) is 5.66. The monoisotopic (exact) mass is 388 g/mol. The van der Waals surface area contributed by atoms with E-state index in [9.17, 15) is 9.59 Å². The standard InChI is InChI=1S/C23H20N2O2S/c1-3-24(17-8-5-4-6-9-17)21-20(19-10-7-15-28-19)22(26)25(23(21)27)18-13-11-16(2)12-14-18/h4-15H,3H2,1-2H3. The highest BCUT2D eigenvalue weighted by atomic mass is 32.1. The van der Waals surface area contributed by atoms with Crippen LogP contribution in [0, 0.1) is 6.92 Å². The molecule has 0 atom stereocenters. The van der Waals surface area contributed by atoms with Gasteiger partial charge in [0.15, 0.2) is 0 Å². The minimum absolute atomic E-state index is 0.277. The highest BCUT2D eigenvalue weighted by Crippen LogP contribution is 2.38. The molecule has 0 bridgehead atoms. The van der Waals surface area contributed by atoms with Gasteiger partial charge in [0.25, 0.3) is 11.8 Å². The molecule has 0 saturated heterocycles. The Balaban J connectivity index is 1.87. The third kappa shape index (κ3) is 3.04. The summed E-state index contributed by atoms with van der Waals surface area (Å²) in [5.41, 5.74) is 3.46. The van der Waals surface area contributed by atoms with Gasteiger partial charge in [0.1, 0.15) is 5.70 Å². The fourth-order valence-corrected chi connectivity index (χ4v) is 4.18. The van der Waals surface area contributed by atoms with Crippen LogP contribution in [0.3, 0.4) is 0 Å². The Kier molecular flexibility index (Phi) is 4.84. The van der Waals surface area contributed by atoms with Crippen LogP contribution in [-0.2, 0) is 9.59 Å². The van der Waals surface area contributed by atoms with Crippen LogP contribution in [0.4, 0.5) is 11.4 Å². The van der Waals surface area contributed by atoms with E-state index in [1.54, 1.807) is 0 Å². The van der Waals surface area contributed by atoms with Crippen LogP contribution in [0.25, 0.3) is 5.57 Å². The minimum atomic E-state index is -0.289. The Bertz CT molecular complexity index is 1040. The SMILES string of the molecule is CCN(C1=C(c2cccs2)C(=O)N(c2ccc(C)cc2)C1=O)c1ccccc1. The van der Waals surface area contributed by atoms with E-state index < -0.39 is 0 Å². The fourth-order valence-electron chi connectivity index (χ4n) is 3.42. The summed E-state index contributed by atoms with van der Waals surface area (Å²) < 4.78 is 0. The van der Waals surface area contributed by atoms with E-state index in [4.69, 9.17) is 0 Å². The molecular weight excluding hydrogens is 368 g/mol. The average Bonchev–Trinajstić information content (AvgIpc) is 3.32. The number of nitrogens with zero attached hydrogens (tertiary/aromatic N) is 2. The highest BCUT2D eigenvalue weighted by Gasteiger charge is 2.42. The Morgan fingerprint density at radius 3 is 2.21 bits per heavy atom. The number of thiophene rings is 1. The van der Waals surface area contributed by atoms with Crippen molar-refractivity contribution in [2.45, 2.75) is 13.8 Å². The van der Waals surface area contributed by atoms with E-state index in [0.29, 0.717) is 23.5 Å². The Hall–Kier alpha value is -3.18. The topological polar surface area (TPSA) is 40.6 Å². The molecule has 3 aromatic rings. The maximum atomic E-state index is 13.5. The third-order valence-electron chi connectivity index (χ3n) is 4.77. The summed E-state index contributed by atoms with van der Waals surface area (Å²) >= 11 is 1.47. The molecule has 0 spiro atoms. The first-order chi connectivity index (χ1) is 13.6. The van der Waals surface area contributed by atoms with Gasteiger partial charge in [0, 0.05) is 17.1 Å². The lowest BCUT2D eigenvalue weighted by atomic mass is 10.1. The number of rotatable bonds is 5. The number of anilines is 2. The van der Waals surface area contributed by atoms with E-state index in [0.717, 1.165) is 16.1 Å². The first-order valence-corrected chi connectivity index (χ1v) is 10.1. The zero-order chi connectivity index (χ0) is 19.7. The van der Waals surface area contributed by atoms with Crippen LogP contribution < -0.4 is 9.80 Å². The molecule has 1 aliphatic heterocycles. The molecule has 1 aliphatic rings. The van der Waals surface area contributed by atoms with Crippen molar-refractivity contribution in [1.29, 1.82) is 0 Å². The van der Waals surface area contributed by atoms with Gasteiger partial charge in [-0.05, 0) is 49.6 Å². The van der Waals surface area contributed by atoms with Gasteiger partial charge >= 0.3 is 0 Å². The number of carbonyl (C=O) groups excluding carboxylic acids is 2. The number of imide groups is 1. The molecule has 28 heavy (non-hydrogen) atoms. The van der Waals surface area contributed by atoms with Gasteiger partial charge in [-0.2, -0.15) is 0 Å². The van der Waals surface area contributed by atoms with Crippen LogP contribution in [-0.4, -0.2) is 18.4 Å². The van der Waals surface area contributed by atoms with Gasteiger partial charge in [-0.1, -0.05) is 42.0 Å². The number of likely N-dealkylation sites (N-methyl/N-ethyl adjacent to an activating group) is 1. The van der Waals surface area contributed by atoms with Crippen LogP contribution in [0.15, 0.2) is 77.8 Å². The lowest BCUT2D eigenvalue weighted by Crippen LogP contribution is -2.35. The van der Waals surface area contributed by atoms with Gasteiger partial charge in [-0.15, -0.1) is 11.3 Å². The van der Waals surface area contributed by atoms with Crippen molar-refractivity contribution in [2.24, 2.45) is 0 Å². The molecule has 0 saturated carbocycles. The van der Waals surface area contributed by atoms with Crippen molar-refractivity contribution < 1.29 is 9.59 Å². The number of benzene rings is 2. The molecule has 2 aromatic carbocycles. The van der Waals surface area contributed by atoms with E-state index in [1.165, 1.54) is 16.2 Å². The van der Waals surface area contributed by atoms with Crippen LogP contribution in [0.5, 0.6) is 0 Å². The van der Waals surface area contributed by atoms with Crippen LogP contribution in [0.2, 0.25) is 0 Å². The van der Waals surface area contributed by atoms with Crippen molar-refractivity contribution in [3.05, 3.63) is 88.2 Å². The van der Waals surface area contributed by atoms with E-state index in [2.05, 4.69) is 0 Å². The lowest BCUT2D eigenvalue weighted by molar-refractivity contribution is -0.120. The molecule has 2 amide bonds. The Morgan fingerprint density at radius 1 is 0.893 bits per heavy atom. The Morgan fingerprint density at radius 2 is 1.61 bits per heavy atom. The largest absolute Gasteiger partial charge is 0.337 e. The molecule has 0 radical (unpaired) electrons. The number of aryl methyl sites for hydroxylation is 1. The van der Waals surface area contributed by atoms with Crippen molar-refractivity contribution in [3.8, 4) is 0 Å². The fraction of sp³-hybridized carbons (Fsp3) is 0.130. The zero-order valence-electron chi connectivity index (χ0n) is 15.8. The highest BCUT2D eigenvalue weighted by molar-refractivity contribution is 7.11. The van der Waals surface area contributed by atoms with E-state index in [1.807, 2.05) is 90.9 Å². The molecule has 4 nitrogen and oxygen atoms in total. The normalized spacial score (nSPS) is 14.1. The quantitative estimate of drug-likeness (QED) is 0.586. The summed E-state index contributed by atoms with van der Waals surface area (Å²) in [6, 6.07) is 21.0. The molecule has 140 valence electrons. The predicted molar refractivity (Wildman–Crippen MR) is 114 cm³/mol. The molecule has 0 unspecified atom stereocenters. The average molecular weight is 388 g/mol.